The average Bonchev–Trinajstić information content (AvgIpc) is 3.28. The molecule has 3 aromatic rings. The highest BCUT2D eigenvalue weighted by Crippen LogP contribution is 2.41. The molecular formula is C23H24F2N6O3. The molecule has 0 spiro atoms. The fourth-order valence-corrected chi connectivity index (χ4v) is 4.59. The zero-order valence-electron chi connectivity index (χ0n) is 18.4. The number of H-pyrrole nitrogens is 1. The van der Waals surface area contributed by atoms with E-state index in [-0.39, 0.29) is 36.4 Å². The molecule has 0 atom stereocenters. The van der Waals surface area contributed by atoms with Crippen LogP contribution >= 0.6 is 0 Å². The third-order valence-corrected chi connectivity index (χ3v) is 6.69. The smallest absolute Gasteiger partial charge is 0.407 e. The molecule has 1 aromatic carbocycles. The zero-order chi connectivity index (χ0) is 24.0. The first-order valence-electron chi connectivity index (χ1n) is 11.0. The van der Waals surface area contributed by atoms with Gasteiger partial charge in [-0.25, -0.2) is 13.6 Å². The van der Waals surface area contributed by atoms with Gasteiger partial charge in [0.2, 0.25) is 0 Å². The van der Waals surface area contributed by atoms with Crippen LogP contribution in [0.3, 0.4) is 0 Å². The van der Waals surface area contributed by atoms with E-state index >= 15 is 0 Å². The Hall–Kier alpha value is -3.76. The van der Waals surface area contributed by atoms with Gasteiger partial charge in [-0.15, -0.1) is 0 Å². The predicted molar refractivity (Wildman–Crippen MR) is 121 cm³/mol. The van der Waals surface area contributed by atoms with Crippen molar-refractivity contribution < 1.29 is 23.5 Å². The second kappa shape index (κ2) is 8.23. The first-order valence-corrected chi connectivity index (χ1v) is 11.0. The van der Waals surface area contributed by atoms with Crippen LogP contribution in [0.25, 0.3) is 22.0 Å². The summed E-state index contributed by atoms with van der Waals surface area (Å²) >= 11 is 0. The van der Waals surface area contributed by atoms with Crippen molar-refractivity contribution in [3.05, 3.63) is 42.4 Å². The minimum absolute atomic E-state index is 0.148. The van der Waals surface area contributed by atoms with Crippen LogP contribution in [0.4, 0.5) is 19.3 Å². The molecule has 0 radical (unpaired) electrons. The van der Waals surface area contributed by atoms with Gasteiger partial charge in [-0.3, -0.25) is 14.9 Å². The van der Waals surface area contributed by atoms with Crippen molar-refractivity contribution >= 4 is 28.6 Å². The van der Waals surface area contributed by atoms with E-state index in [2.05, 4.69) is 25.8 Å². The molecule has 0 aliphatic heterocycles. The van der Waals surface area contributed by atoms with Gasteiger partial charge in [0, 0.05) is 66.9 Å². The highest BCUT2D eigenvalue weighted by atomic mass is 19.3. The number of fused-ring (bicyclic) bond motifs is 1. The van der Waals surface area contributed by atoms with Gasteiger partial charge in [-0.1, -0.05) is 18.2 Å². The van der Waals surface area contributed by atoms with E-state index in [0.29, 0.717) is 29.4 Å². The number of benzene rings is 1. The van der Waals surface area contributed by atoms with E-state index in [9.17, 15) is 18.4 Å². The number of carbonyl (C=O) groups is 2. The van der Waals surface area contributed by atoms with E-state index in [1.807, 2.05) is 18.2 Å². The topological polar surface area (TPSA) is 123 Å². The van der Waals surface area contributed by atoms with Crippen LogP contribution in [0.15, 0.2) is 36.8 Å². The molecule has 2 aromatic heterocycles. The molecule has 2 amide bonds. The molecule has 178 valence electrons. The van der Waals surface area contributed by atoms with E-state index in [4.69, 9.17) is 5.11 Å². The maximum atomic E-state index is 13.5. The highest BCUT2D eigenvalue weighted by molar-refractivity contribution is 6.09. The molecule has 2 aliphatic carbocycles. The van der Waals surface area contributed by atoms with Crippen LogP contribution < -0.4 is 10.6 Å². The van der Waals surface area contributed by atoms with Crippen LogP contribution in [-0.4, -0.2) is 68.3 Å². The summed E-state index contributed by atoms with van der Waals surface area (Å²) < 4.78 is 27.0. The summed E-state index contributed by atoms with van der Waals surface area (Å²) in [4.78, 5) is 30.1. The van der Waals surface area contributed by atoms with Crippen molar-refractivity contribution in [2.24, 2.45) is 0 Å². The summed E-state index contributed by atoms with van der Waals surface area (Å²) in [6.45, 7) is 0. The summed E-state index contributed by atoms with van der Waals surface area (Å²) in [6.07, 6.45) is 4.27. The number of para-hydroxylation sites is 1. The van der Waals surface area contributed by atoms with Crippen molar-refractivity contribution in [3.63, 3.8) is 0 Å². The Morgan fingerprint density at radius 2 is 1.97 bits per heavy atom. The zero-order valence-corrected chi connectivity index (χ0v) is 18.4. The molecule has 2 aliphatic rings. The number of halogens is 2. The first kappa shape index (κ1) is 22.1. The van der Waals surface area contributed by atoms with Crippen LogP contribution in [0.2, 0.25) is 0 Å². The SMILES string of the molecule is CN(C(=O)O)C1CC(NC(=O)c2cnc3c(-c4cn[nH]c4)cccc3c2NC2CC(F)(F)C2)C1. The number of aromatic amines is 1. The van der Waals surface area contributed by atoms with Crippen molar-refractivity contribution in [2.75, 3.05) is 12.4 Å². The molecule has 2 saturated carbocycles. The monoisotopic (exact) mass is 470 g/mol. The van der Waals surface area contributed by atoms with Crippen LogP contribution in [0.5, 0.6) is 0 Å². The van der Waals surface area contributed by atoms with Gasteiger partial charge in [0.05, 0.1) is 23.0 Å². The molecule has 0 unspecified atom stereocenters. The number of anilines is 1. The number of carboxylic acid groups (broad SMARTS) is 1. The van der Waals surface area contributed by atoms with Crippen molar-refractivity contribution in [2.45, 2.75) is 49.7 Å². The maximum Gasteiger partial charge on any atom is 0.407 e. The Balaban J connectivity index is 1.44. The van der Waals surface area contributed by atoms with Crippen molar-refractivity contribution in [3.8, 4) is 11.1 Å². The number of pyridine rings is 1. The largest absolute Gasteiger partial charge is 0.465 e. The second-order valence-corrected chi connectivity index (χ2v) is 9.03. The van der Waals surface area contributed by atoms with Gasteiger partial charge in [0.1, 0.15) is 0 Å². The van der Waals surface area contributed by atoms with Crippen molar-refractivity contribution in [1.29, 1.82) is 0 Å². The lowest BCUT2D eigenvalue weighted by molar-refractivity contribution is -0.0793. The fourth-order valence-electron chi connectivity index (χ4n) is 4.59. The van der Waals surface area contributed by atoms with E-state index in [1.54, 1.807) is 12.4 Å². The van der Waals surface area contributed by atoms with Gasteiger partial charge in [-0.2, -0.15) is 5.10 Å². The summed E-state index contributed by atoms with van der Waals surface area (Å²) in [7, 11) is 1.51. The van der Waals surface area contributed by atoms with Crippen molar-refractivity contribution in [1.82, 2.24) is 25.4 Å². The lowest BCUT2D eigenvalue weighted by Gasteiger charge is -2.40. The van der Waals surface area contributed by atoms with Gasteiger partial charge >= 0.3 is 6.09 Å². The second-order valence-electron chi connectivity index (χ2n) is 9.03. The third kappa shape index (κ3) is 4.02. The lowest BCUT2D eigenvalue weighted by atomic mass is 9.85. The van der Waals surface area contributed by atoms with Gasteiger partial charge in [0.25, 0.3) is 11.8 Å². The average molecular weight is 470 g/mol. The first-order chi connectivity index (χ1) is 16.2. The van der Waals surface area contributed by atoms with Crippen LogP contribution in [-0.2, 0) is 0 Å². The van der Waals surface area contributed by atoms with Crippen LogP contribution in [0, 0.1) is 0 Å². The number of hydrogen-bond acceptors (Lipinski definition) is 5. The summed E-state index contributed by atoms with van der Waals surface area (Å²) in [5.41, 5.74) is 2.98. The van der Waals surface area contributed by atoms with Gasteiger partial charge in [-0.05, 0) is 12.8 Å². The minimum atomic E-state index is -2.71. The quantitative estimate of drug-likeness (QED) is 0.436. The number of nitrogens with zero attached hydrogens (tertiary/aromatic N) is 3. The molecule has 4 N–H and O–H groups in total. The number of aromatic nitrogens is 3. The molecule has 34 heavy (non-hydrogen) atoms. The lowest BCUT2D eigenvalue weighted by Crippen LogP contribution is -2.54. The molecule has 5 rings (SSSR count). The fraction of sp³-hybridized carbons (Fsp3) is 0.391. The van der Waals surface area contributed by atoms with Crippen LogP contribution in [0.1, 0.15) is 36.0 Å². The van der Waals surface area contributed by atoms with Gasteiger partial charge in [0.15, 0.2) is 0 Å². The predicted octanol–water partition coefficient (Wildman–Crippen LogP) is 3.71. The normalized spacial score (nSPS) is 21.4. The Morgan fingerprint density at radius 3 is 2.62 bits per heavy atom. The molecular weight excluding hydrogens is 446 g/mol. The Bertz CT molecular complexity index is 1230. The van der Waals surface area contributed by atoms with Gasteiger partial charge < -0.3 is 20.6 Å². The molecule has 9 nitrogen and oxygen atoms in total. The molecule has 0 saturated heterocycles. The third-order valence-electron chi connectivity index (χ3n) is 6.69. The minimum Gasteiger partial charge on any atom is -0.465 e. The highest BCUT2D eigenvalue weighted by Gasteiger charge is 2.45. The molecule has 11 heteroatoms. The summed E-state index contributed by atoms with van der Waals surface area (Å²) in [5.74, 6) is -3.08. The molecule has 2 fully saturated rings. The maximum absolute atomic E-state index is 13.5. The Morgan fingerprint density at radius 1 is 1.21 bits per heavy atom. The van der Waals surface area contributed by atoms with E-state index in [1.165, 1.54) is 18.1 Å². The Labute approximate surface area is 193 Å². The molecule has 0 bridgehead atoms. The number of alkyl halides is 2. The number of hydrogen-bond donors (Lipinski definition) is 4. The summed E-state index contributed by atoms with van der Waals surface area (Å²) in [5, 5.41) is 22.6. The number of nitrogens with one attached hydrogen (secondary N) is 3. The molecule has 2 heterocycles. The number of amides is 2. The summed E-state index contributed by atoms with van der Waals surface area (Å²) in [6, 6.07) is 4.74. The van der Waals surface area contributed by atoms with E-state index in [0.717, 1.165) is 11.1 Å². The number of carbonyl (C=O) groups excluding carboxylic acids is 1. The number of rotatable bonds is 6. The van der Waals surface area contributed by atoms with E-state index < -0.39 is 18.1 Å². The Kier molecular flexibility index (Phi) is 5.34. The standard InChI is InChI=1S/C23H24F2N6O3/c1-31(22(33)34)15-5-13(6-15)30-21(32)18-11-26-19-16(12-9-27-28-10-12)3-2-4-17(19)20(18)29-14-7-23(24,25)8-14/h2-4,9-11,13-15H,5-8H2,1H3,(H,26,29)(H,27,28)(H,30,32)(H,33,34).